The molecule has 0 spiro atoms. The highest BCUT2D eigenvalue weighted by molar-refractivity contribution is 7.98. The molecule has 1 saturated heterocycles. The number of ether oxygens (including phenoxy) is 1. The van der Waals surface area contributed by atoms with E-state index in [0.29, 0.717) is 26.3 Å². The van der Waals surface area contributed by atoms with Crippen molar-refractivity contribution in [3.63, 3.8) is 0 Å². The lowest BCUT2D eigenvalue weighted by Crippen LogP contribution is -2.36. The van der Waals surface area contributed by atoms with Gasteiger partial charge < -0.3 is 9.64 Å². The van der Waals surface area contributed by atoms with Crippen LogP contribution in [0.4, 0.5) is 0 Å². The van der Waals surface area contributed by atoms with Gasteiger partial charge in [-0.1, -0.05) is 18.2 Å². The second-order valence-electron chi connectivity index (χ2n) is 4.92. The fourth-order valence-electron chi connectivity index (χ4n) is 2.33. The molecule has 4 heteroatoms. The topological polar surface area (TPSA) is 29.5 Å². The van der Waals surface area contributed by atoms with Gasteiger partial charge in [0.1, 0.15) is 0 Å². The highest BCUT2D eigenvalue weighted by Gasteiger charge is 2.27. The summed E-state index contributed by atoms with van der Waals surface area (Å²) in [5.41, 5.74) is 1.15. The van der Waals surface area contributed by atoms with Crippen LogP contribution < -0.4 is 0 Å². The molecule has 0 aromatic heterocycles. The second-order valence-corrected chi connectivity index (χ2v) is 5.80. The number of hydrogen-bond acceptors (Lipinski definition) is 3. The molecular weight excluding hydrogens is 270 g/mol. The molecule has 0 radical (unpaired) electrons. The molecule has 0 saturated carbocycles. The van der Waals surface area contributed by atoms with Gasteiger partial charge in [-0.25, -0.2) is 0 Å². The molecule has 1 atom stereocenters. The van der Waals surface area contributed by atoms with Gasteiger partial charge in [0.05, 0.1) is 12.5 Å². The molecular formula is C16H21NO2S. The molecule has 1 heterocycles. The normalized spacial score (nSPS) is 17.9. The maximum Gasteiger partial charge on any atom is 0.228 e. The standard InChI is InChI=1S/C16H21NO2S/c1-3-9-17(16(18)14-8-10-19-12-14)11-13-4-6-15(20-2)7-5-13/h3-7,14H,1,8-12H2,2H3/t14-/m0/s1. The Morgan fingerprint density at radius 1 is 1.50 bits per heavy atom. The van der Waals surface area contributed by atoms with E-state index in [1.54, 1.807) is 17.8 Å². The Kier molecular flexibility index (Phi) is 5.68. The summed E-state index contributed by atoms with van der Waals surface area (Å²) in [5, 5.41) is 0. The summed E-state index contributed by atoms with van der Waals surface area (Å²) in [5.74, 6) is 0.191. The number of rotatable bonds is 6. The van der Waals surface area contributed by atoms with Crippen molar-refractivity contribution >= 4 is 17.7 Å². The minimum atomic E-state index is 0.0143. The molecule has 1 aliphatic heterocycles. The Morgan fingerprint density at radius 2 is 2.25 bits per heavy atom. The van der Waals surface area contributed by atoms with Crippen LogP contribution in [0.5, 0.6) is 0 Å². The number of carbonyl (C=O) groups is 1. The molecule has 0 bridgehead atoms. The van der Waals surface area contributed by atoms with Crippen LogP contribution >= 0.6 is 11.8 Å². The predicted molar refractivity (Wildman–Crippen MR) is 82.8 cm³/mol. The van der Waals surface area contributed by atoms with Crippen molar-refractivity contribution in [1.29, 1.82) is 0 Å². The number of thioether (sulfide) groups is 1. The lowest BCUT2D eigenvalue weighted by atomic mass is 10.1. The molecule has 2 rings (SSSR count). The summed E-state index contributed by atoms with van der Waals surface area (Å²) in [7, 11) is 0. The third kappa shape index (κ3) is 3.87. The zero-order valence-electron chi connectivity index (χ0n) is 11.9. The van der Waals surface area contributed by atoms with Crippen LogP contribution in [-0.2, 0) is 16.1 Å². The van der Waals surface area contributed by atoms with Crippen molar-refractivity contribution in [2.75, 3.05) is 26.0 Å². The zero-order chi connectivity index (χ0) is 14.4. The van der Waals surface area contributed by atoms with E-state index in [2.05, 4.69) is 37.1 Å². The van der Waals surface area contributed by atoms with Gasteiger partial charge in [0.15, 0.2) is 0 Å². The Hall–Kier alpha value is -1.26. The minimum absolute atomic E-state index is 0.0143. The minimum Gasteiger partial charge on any atom is -0.381 e. The first-order valence-electron chi connectivity index (χ1n) is 6.85. The van der Waals surface area contributed by atoms with Gasteiger partial charge >= 0.3 is 0 Å². The average Bonchev–Trinajstić information content (AvgIpc) is 3.01. The number of nitrogens with zero attached hydrogens (tertiary/aromatic N) is 1. The lowest BCUT2D eigenvalue weighted by molar-refractivity contribution is -0.135. The van der Waals surface area contributed by atoms with Crippen LogP contribution in [0, 0.1) is 5.92 Å². The second kappa shape index (κ2) is 7.50. The predicted octanol–water partition coefficient (Wildman–Crippen LogP) is 2.96. The molecule has 3 nitrogen and oxygen atoms in total. The molecule has 0 unspecified atom stereocenters. The zero-order valence-corrected chi connectivity index (χ0v) is 12.7. The number of amides is 1. The number of benzene rings is 1. The summed E-state index contributed by atoms with van der Waals surface area (Å²) < 4.78 is 5.31. The van der Waals surface area contributed by atoms with E-state index in [1.165, 1.54) is 4.90 Å². The first-order chi connectivity index (χ1) is 9.74. The van der Waals surface area contributed by atoms with Crippen LogP contribution in [0.15, 0.2) is 41.8 Å². The molecule has 1 amide bonds. The van der Waals surface area contributed by atoms with E-state index in [9.17, 15) is 4.79 Å². The summed E-state index contributed by atoms with van der Waals surface area (Å²) in [6.45, 7) is 6.22. The van der Waals surface area contributed by atoms with Gasteiger partial charge in [-0.3, -0.25) is 4.79 Å². The third-order valence-corrected chi connectivity index (χ3v) is 4.22. The summed E-state index contributed by atoms with van der Waals surface area (Å²) >= 11 is 1.72. The van der Waals surface area contributed by atoms with E-state index in [1.807, 2.05) is 4.90 Å². The molecule has 1 aromatic carbocycles. The van der Waals surface area contributed by atoms with E-state index in [4.69, 9.17) is 4.74 Å². The lowest BCUT2D eigenvalue weighted by Gasteiger charge is -2.24. The van der Waals surface area contributed by atoms with E-state index in [0.717, 1.165) is 12.0 Å². The third-order valence-electron chi connectivity index (χ3n) is 3.47. The number of carbonyl (C=O) groups excluding carboxylic acids is 1. The molecule has 0 N–H and O–H groups in total. The van der Waals surface area contributed by atoms with Crippen LogP contribution in [0.25, 0.3) is 0 Å². The van der Waals surface area contributed by atoms with Crippen LogP contribution in [-0.4, -0.2) is 36.8 Å². The van der Waals surface area contributed by atoms with Gasteiger partial charge in [-0.15, -0.1) is 18.3 Å². The van der Waals surface area contributed by atoms with Crippen LogP contribution in [0.1, 0.15) is 12.0 Å². The first kappa shape index (κ1) is 15.1. The van der Waals surface area contributed by atoms with Gasteiger partial charge in [0.25, 0.3) is 0 Å². The Morgan fingerprint density at radius 3 is 2.80 bits per heavy atom. The quantitative estimate of drug-likeness (QED) is 0.596. The van der Waals surface area contributed by atoms with Gasteiger partial charge in [0.2, 0.25) is 5.91 Å². The molecule has 1 aromatic rings. The molecule has 0 aliphatic carbocycles. The monoisotopic (exact) mass is 291 g/mol. The smallest absolute Gasteiger partial charge is 0.228 e. The fraction of sp³-hybridized carbons (Fsp3) is 0.438. The van der Waals surface area contributed by atoms with Crippen LogP contribution in [0.2, 0.25) is 0 Å². The van der Waals surface area contributed by atoms with Gasteiger partial charge in [-0.05, 0) is 30.4 Å². The molecule has 1 aliphatic rings. The van der Waals surface area contributed by atoms with Crippen LogP contribution in [0.3, 0.4) is 0 Å². The van der Waals surface area contributed by atoms with Crippen molar-refractivity contribution < 1.29 is 9.53 Å². The average molecular weight is 291 g/mol. The SMILES string of the molecule is C=CCN(Cc1ccc(SC)cc1)C(=O)[C@H]1CCOC1. The summed E-state index contributed by atoms with van der Waals surface area (Å²) in [4.78, 5) is 15.6. The summed E-state index contributed by atoms with van der Waals surface area (Å²) in [6.07, 6.45) is 4.67. The Labute approximate surface area is 125 Å². The van der Waals surface area contributed by atoms with Crippen molar-refractivity contribution in [3.05, 3.63) is 42.5 Å². The Balaban J connectivity index is 2.03. The highest BCUT2D eigenvalue weighted by atomic mass is 32.2. The van der Waals surface area contributed by atoms with Crippen molar-refractivity contribution in [3.8, 4) is 0 Å². The maximum absolute atomic E-state index is 12.5. The number of hydrogen-bond donors (Lipinski definition) is 0. The van der Waals surface area contributed by atoms with Crippen molar-refractivity contribution in [2.24, 2.45) is 5.92 Å². The Bertz CT molecular complexity index is 452. The van der Waals surface area contributed by atoms with Crippen molar-refractivity contribution in [2.45, 2.75) is 17.9 Å². The van der Waals surface area contributed by atoms with Gasteiger partial charge in [-0.2, -0.15) is 0 Å². The first-order valence-corrected chi connectivity index (χ1v) is 8.07. The largest absolute Gasteiger partial charge is 0.381 e. The molecule has 108 valence electrons. The van der Waals surface area contributed by atoms with E-state index in [-0.39, 0.29) is 11.8 Å². The maximum atomic E-state index is 12.5. The van der Waals surface area contributed by atoms with Gasteiger partial charge in [0, 0.05) is 24.6 Å². The summed E-state index contributed by atoms with van der Waals surface area (Å²) in [6, 6.07) is 8.35. The highest BCUT2D eigenvalue weighted by Crippen LogP contribution is 2.19. The van der Waals surface area contributed by atoms with E-state index < -0.39 is 0 Å². The molecule has 20 heavy (non-hydrogen) atoms. The van der Waals surface area contributed by atoms with E-state index >= 15 is 0 Å². The fourth-order valence-corrected chi connectivity index (χ4v) is 2.74. The molecule has 1 fully saturated rings. The van der Waals surface area contributed by atoms with Crippen molar-refractivity contribution in [1.82, 2.24) is 4.90 Å².